The lowest BCUT2D eigenvalue weighted by molar-refractivity contribution is -0.251. The predicted molar refractivity (Wildman–Crippen MR) is 46.7 cm³/mol. The number of methoxy groups -OCH3 is 1. The van der Waals surface area contributed by atoms with Gasteiger partial charge in [0.1, 0.15) is 12.7 Å². The van der Waals surface area contributed by atoms with Crippen molar-refractivity contribution in [2.75, 3.05) is 40.1 Å². The number of alkyl halides is 2. The quantitative estimate of drug-likeness (QED) is 0.528. The minimum absolute atomic E-state index is 0.0307. The van der Waals surface area contributed by atoms with Gasteiger partial charge in [-0.1, -0.05) is 0 Å². The Morgan fingerprint density at radius 1 is 1.27 bits per heavy atom. The number of hydrogen-bond donors (Lipinski definition) is 2. The molecule has 5 nitrogen and oxygen atoms in total. The molecule has 0 aliphatic carbocycles. The van der Waals surface area contributed by atoms with Crippen molar-refractivity contribution in [3.05, 3.63) is 0 Å². The smallest absolute Gasteiger partial charge is 0.378 e. The van der Waals surface area contributed by atoms with Gasteiger partial charge in [-0.05, 0) is 0 Å². The van der Waals surface area contributed by atoms with Gasteiger partial charge in [0.25, 0.3) is 0 Å². The molecule has 0 saturated carbocycles. The summed E-state index contributed by atoms with van der Waals surface area (Å²) in [5.74, 6) is 0. The zero-order chi connectivity index (χ0) is 11.7. The standard InChI is InChI=1S/C8H16F2O5/c1-13-8(9,10)6-15-3-2-14-5-7(12)4-11/h7,11-12H,2-6H2,1H3. The molecule has 0 aromatic carbocycles. The second-order valence-electron chi connectivity index (χ2n) is 2.81. The first kappa shape index (κ1) is 14.7. The predicted octanol–water partition coefficient (Wildman–Crippen LogP) is -0.388. The Hall–Kier alpha value is -0.340. The molecular formula is C8H16F2O5. The van der Waals surface area contributed by atoms with Crippen LogP contribution in [0.1, 0.15) is 0 Å². The molecule has 0 aromatic rings. The Morgan fingerprint density at radius 2 is 1.87 bits per heavy atom. The first-order valence-electron chi connectivity index (χ1n) is 4.39. The van der Waals surface area contributed by atoms with E-state index in [4.69, 9.17) is 14.9 Å². The normalized spacial score (nSPS) is 14.2. The van der Waals surface area contributed by atoms with E-state index in [-0.39, 0.29) is 19.8 Å². The maximum absolute atomic E-state index is 12.4. The SMILES string of the molecule is COC(F)(F)COCCOCC(O)CO. The lowest BCUT2D eigenvalue weighted by Crippen LogP contribution is -2.27. The van der Waals surface area contributed by atoms with Gasteiger partial charge in [-0.2, -0.15) is 8.78 Å². The average molecular weight is 230 g/mol. The van der Waals surface area contributed by atoms with Crippen molar-refractivity contribution in [2.45, 2.75) is 12.2 Å². The Labute approximate surface area is 86.6 Å². The van der Waals surface area contributed by atoms with Gasteiger partial charge in [0, 0.05) is 7.11 Å². The van der Waals surface area contributed by atoms with Crippen LogP contribution in [0.4, 0.5) is 8.78 Å². The van der Waals surface area contributed by atoms with Gasteiger partial charge in [0.15, 0.2) is 0 Å². The molecule has 15 heavy (non-hydrogen) atoms. The van der Waals surface area contributed by atoms with Crippen LogP contribution in [-0.2, 0) is 14.2 Å². The molecule has 0 amide bonds. The molecule has 0 rings (SSSR count). The van der Waals surface area contributed by atoms with Crippen LogP contribution in [0.2, 0.25) is 0 Å². The summed E-state index contributed by atoms with van der Waals surface area (Å²) in [6, 6.07) is 0. The van der Waals surface area contributed by atoms with Crippen molar-refractivity contribution in [1.29, 1.82) is 0 Å². The van der Waals surface area contributed by atoms with Crippen molar-refractivity contribution >= 4 is 0 Å². The van der Waals surface area contributed by atoms with E-state index in [1.165, 1.54) is 0 Å². The van der Waals surface area contributed by atoms with Gasteiger partial charge in [0.05, 0.1) is 26.4 Å². The van der Waals surface area contributed by atoms with Crippen LogP contribution in [0.25, 0.3) is 0 Å². The van der Waals surface area contributed by atoms with Crippen LogP contribution in [0.3, 0.4) is 0 Å². The summed E-state index contributed by atoms with van der Waals surface area (Å²) in [4.78, 5) is 0. The maximum atomic E-state index is 12.4. The summed E-state index contributed by atoms with van der Waals surface area (Å²) in [5, 5.41) is 17.2. The minimum atomic E-state index is -3.29. The zero-order valence-electron chi connectivity index (χ0n) is 8.49. The highest BCUT2D eigenvalue weighted by atomic mass is 19.3. The number of ether oxygens (including phenoxy) is 3. The molecule has 7 heteroatoms. The van der Waals surface area contributed by atoms with Gasteiger partial charge >= 0.3 is 6.11 Å². The van der Waals surface area contributed by atoms with Crippen LogP contribution in [-0.4, -0.2) is 62.6 Å². The lowest BCUT2D eigenvalue weighted by atomic mass is 10.4. The van der Waals surface area contributed by atoms with Crippen molar-refractivity contribution in [3.8, 4) is 0 Å². The molecule has 1 unspecified atom stereocenters. The Balaban J connectivity index is 3.25. The van der Waals surface area contributed by atoms with Gasteiger partial charge in [-0.15, -0.1) is 0 Å². The fraction of sp³-hybridized carbons (Fsp3) is 1.00. The minimum Gasteiger partial charge on any atom is -0.394 e. The molecule has 0 heterocycles. The van der Waals surface area contributed by atoms with Crippen LogP contribution in [0.5, 0.6) is 0 Å². The number of hydrogen-bond acceptors (Lipinski definition) is 5. The number of halogens is 2. The summed E-state index contributed by atoms with van der Waals surface area (Å²) in [6.07, 6.45) is -4.24. The molecule has 0 aliphatic heterocycles. The first-order chi connectivity index (χ1) is 7.02. The summed E-state index contributed by atoms with van der Waals surface area (Å²) < 4.78 is 38.0. The van der Waals surface area contributed by atoms with Gasteiger partial charge in [-0.3, -0.25) is 0 Å². The molecule has 92 valence electrons. The number of aliphatic hydroxyl groups is 2. The second kappa shape index (κ2) is 7.89. The van der Waals surface area contributed by atoms with Gasteiger partial charge in [0.2, 0.25) is 0 Å². The van der Waals surface area contributed by atoms with Crippen molar-refractivity contribution in [1.82, 2.24) is 0 Å². The highest BCUT2D eigenvalue weighted by molar-refractivity contribution is 4.50. The van der Waals surface area contributed by atoms with Crippen LogP contribution >= 0.6 is 0 Å². The topological polar surface area (TPSA) is 68.2 Å². The third kappa shape index (κ3) is 8.64. The van der Waals surface area contributed by atoms with Crippen molar-refractivity contribution in [3.63, 3.8) is 0 Å². The van der Waals surface area contributed by atoms with E-state index in [0.717, 1.165) is 7.11 Å². The molecule has 0 radical (unpaired) electrons. The van der Waals surface area contributed by atoms with E-state index in [0.29, 0.717) is 0 Å². The number of aliphatic hydroxyl groups excluding tert-OH is 2. The van der Waals surface area contributed by atoms with Crippen molar-refractivity contribution in [2.24, 2.45) is 0 Å². The molecule has 0 aliphatic rings. The van der Waals surface area contributed by atoms with E-state index in [1.54, 1.807) is 0 Å². The third-order valence-corrected chi connectivity index (χ3v) is 1.46. The van der Waals surface area contributed by atoms with Crippen LogP contribution < -0.4 is 0 Å². The molecular weight excluding hydrogens is 214 g/mol. The lowest BCUT2D eigenvalue weighted by Gasteiger charge is -2.14. The van der Waals surface area contributed by atoms with E-state index in [9.17, 15) is 8.78 Å². The number of rotatable bonds is 9. The van der Waals surface area contributed by atoms with E-state index < -0.39 is 25.4 Å². The highest BCUT2D eigenvalue weighted by Gasteiger charge is 2.28. The summed E-state index contributed by atoms with van der Waals surface area (Å²) in [6.45, 7) is -1.26. The molecule has 2 N–H and O–H groups in total. The van der Waals surface area contributed by atoms with E-state index in [2.05, 4.69) is 9.47 Å². The molecule has 0 fully saturated rings. The molecule has 1 atom stereocenters. The van der Waals surface area contributed by atoms with Gasteiger partial charge < -0.3 is 24.4 Å². The third-order valence-electron chi connectivity index (χ3n) is 1.46. The van der Waals surface area contributed by atoms with E-state index >= 15 is 0 Å². The molecule has 0 bridgehead atoms. The van der Waals surface area contributed by atoms with Crippen LogP contribution in [0.15, 0.2) is 0 Å². The molecule has 0 spiro atoms. The largest absolute Gasteiger partial charge is 0.394 e. The monoisotopic (exact) mass is 230 g/mol. The maximum Gasteiger partial charge on any atom is 0.378 e. The first-order valence-corrected chi connectivity index (χ1v) is 4.39. The fourth-order valence-corrected chi connectivity index (χ4v) is 0.640. The Kier molecular flexibility index (Phi) is 7.71. The summed E-state index contributed by atoms with van der Waals surface area (Å²) >= 11 is 0. The Morgan fingerprint density at radius 3 is 2.40 bits per heavy atom. The Bertz CT molecular complexity index is 156. The zero-order valence-corrected chi connectivity index (χ0v) is 8.49. The fourth-order valence-electron chi connectivity index (χ4n) is 0.640. The van der Waals surface area contributed by atoms with Gasteiger partial charge in [-0.25, -0.2) is 0 Å². The van der Waals surface area contributed by atoms with Crippen LogP contribution in [0, 0.1) is 0 Å². The molecule has 0 aromatic heterocycles. The average Bonchev–Trinajstić information content (AvgIpc) is 2.22. The highest BCUT2D eigenvalue weighted by Crippen LogP contribution is 2.13. The summed E-state index contributed by atoms with van der Waals surface area (Å²) in [5.41, 5.74) is 0. The van der Waals surface area contributed by atoms with E-state index in [1.807, 2.05) is 0 Å². The van der Waals surface area contributed by atoms with Crippen molar-refractivity contribution < 1.29 is 33.2 Å². The molecule has 0 saturated heterocycles. The summed E-state index contributed by atoms with van der Waals surface area (Å²) in [7, 11) is 0.886. The second-order valence-corrected chi connectivity index (χ2v) is 2.81.